The number of anilines is 1. The molecule has 1 aromatic rings. The molecule has 1 aromatic carbocycles. The van der Waals surface area contributed by atoms with E-state index in [1.807, 2.05) is 18.2 Å². The number of rotatable bonds is 3. The molecule has 0 aromatic heterocycles. The van der Waals surface area contributed by atoms with Crippen molar-refractivity contribution < 1.29 is 4.79 Å². The standard InChI is InChI=1S/C14H17ClN2O/c1-9(18)11-3-2-6-17-14(11)12-5-4-10(8-15)7-13(12)16/h4-5,7,17H,2-3,6,8,16H2,1H3. The van der Waals surface area contributed by atoms with Crippen LogP contribution >= 0.6 is 11.6 Å². The van der Waals surface area contributed by atoms with E-state index < -0.39 is 0 Å². The molecule has 1 aliphatic heterocycles. The van der Waals surface area contributed by atoms with Crippen LogP contribution in [0.2, 0.25) is 0 Å². The predicted octanol–water partition coefficient (Wildman–Crippen LogP) is 2.69. The van der Waals surface area contributed by atoms with Crippen LogP contribution in [-0.2, 0) is 10.7 Å². The van der Waals surface area contributed by atoms with E-state index >= 15 is 0 Å². The Labute approximate surface area is 112 Å². The topological polar surface area (TPSA) is 55.1 Å². The molecule has 0 spiro atoms. The fraction of sp³-hybridized carbons (Fsp3) is 0.357. The number of benzene rings is 1. The first-order valence-corrected chi connectivity index (χ1v) is 6.59. The van der Waals surface area contributed by atoms with Gasteiger partial charge < -0.3 is 11.1 Å². The molecule has 0 aliphatic carbocycles. The molecule has 1 aliphatic rings. The maximum absolute atomic E-state index is 11.7. The molecule has 0 amide bonds. The maximum atomic E-state index is 11.7. The number of hydrogen-bond donors (Lipinski definition) is 2. The number of nitrogens with two attached hydrogens (primary N) is 1. The Morgan fingerprint density at radius 3 is 2.89 bits per heavy atom. The second-order valence-corrected chi connectivity index (χ2v) is 4.76. The second kappa shape index (κ2) is 5.44. The molecule has 96 valence electrons. The third-order valence-corrected chi connectivity index (χ3v) is 3.48. The van der Waals surface area contributed by atoms with Gasteiger partial charge in [0.1, 0.15) is 0 Å². The number of alkyl halides is 1. The molecule has 0 bridgehead atoms. The van der Waals surface area contributed by atoms with Gasteiger partial charge in [-0.1, -0.05) is 12.1 Å². The van der Waals surface area contributed by atoms with Gasteiger partial charge >= 0.3 is 0 Å². The van der Waals surface area contributed by atoms with Crippen molar-refractivity contribution in [3.8, 4) is 0 Å². The highest BCUT2D eigenvalue weighted by atomic mass is 35.5. The van der Waals surface area contributed by atoms with Gasteiger partial charge in [-0.05, 0) is 31.4 Å². The van der Waals surface area contributed by atoms with Crippen LogP contribution in [0.3, 0.4) is 0 Å². The van der Waals surface area contributed by atoms with Crippen molar-refractivity contribution in [2.45, 2.75) is 25.6 Å². The van der Waals surface area contributed by atoms with E-state index in [-0.39, 0.29) is 5.78 Å². The minimum atomic E-state index is 0.109. The largest absolute Gasteiger partial charge is 0.398 e. The van der Waals surface area contributed by atoms with Crippen molar-refractivity contribution in [3.63, 3.8) is 0 Å². The van der Waals surface area contributed by atoms with Crippen LogP contribution < -0.4 is 11.1 Å². The average Bonchev–Trinajstić information content (AvgIpc) is 2.38. The fourth-order valence-corrected chi connectivity index (χ4v) is 2.41. The number of nitrogens with one attached hydrogen (secondary N) is 1. The van der Waals surface area contributed by atoms with Crippen molar-refractivity contribution in [2.24, 2.45) is 0 Å². The first-order chi connectivity index (χ1) is 8.63. The lowest BCUT2D eigenvalue weighted by Crippen LogP contribution is -2.23. The van der Waals surface area contributed by atoms with E-state index in [4.69, 9.17) is 17.3 Å². The molecular weight excluding hydrogens is 248 g/mol. The monoisotopic (exact) mass is 264 g/mol. The van der Waals surface area contributed by atoms with E-state index in [2.05, 4.69) is 5.32 Å². The Kier molecular flexibility index (Phi) is 3.92. The Morgan fingerprint density at radius 1 is 1.50 bits per heavy atom. The number of halogens is 1. The fourth-order valence-electron chi connectivity index (χ4n) is 2.24. The van der Waals surface area contributed by atoms with Gasteiger partial charge in [-0.25, -0.2) is 0 Å². The zero-order valence-corrected chi connectivity index (χ0v) is 11.2. The van der Waals surface area contributed by atoms with E-state index in [1.165, 1.54) is 0 Å². The van der Waals surface area contributed by atoms with Crippen LogP contribution in [0, 0.1) is 0 Å². The average molecular weight is 265 g/mol. The summed E-state index contributed by atoms with van der Waals surface area (Å²) in [6.45, 7) is 2.48. The van der Waals surface area contributed by atoms with Gasteiger partial charge in [-0.3, -0.25) is 4.79 Å². The number of carbonyl (C=O) groups is 1. The van der Waals surface area contributed by atoms with Gasteiger partial charge in [0.15, 0.2) is 5.78 Å². The Hall–Kier alpha value is -1.48. The van der Waals surface area contributed by atoms with Crippen LogP contribution in [0.1, 0.15) is 30.9 Å². The summed E-state index contributed by atoms with van der Waals surface area (Å²) in [7, 11) is 0. The van der Waals surface area contributed by atoms with Gasteiger partial charge in [0.05, 0.1) is 5.70 Å². The van der Waals surface area contributed by atoms with Crippen LogP contribution in [0.5, 0.6) is 0 Å². The zero-order valence-electron chi connectivity index (χ0n) is 10.4. The molecule has 3 N–H and O–H groups in total. The zero-order chi connectivity index (χ0) is 13.1. The molecule has 3 nitrogen and oxygen atoms in total. The lowest BCUT2D eigenvalue weighted by atomic mass is 9.95. The van der Waals surface area contributed by atoms with Crippen molar-refractivity contribution in [1.82, 2.24) is 5.32 Å². The second-order valence-electron chi connectivity index (χ2n) is 4.50. The summed E-state index contributed by atoms with van der Waals surface area (Å²) >= 11 is 5.78. The first kappa shape index (κ1) is 13.0. The quantitative estimate of drug-likeness (QED) is 0.652. The summed E-state index contributed by atoms with van der Waals surface area (Å²) in [5.41, 5.74) is 10.3. The normalized spacial score (nSPS) is 15.4. The van der Waals surface area contributed by atoms with Crippen LogP contribution in [0.4, 0.5) is 5.69 Å². The smallest absolute Gasteiger partial charge is 0.157 e. The Bertz CT molecular complexity index is 509. The van der Waals surface area contributed by atoms with Gasteiger partial charge in [0.2, 0.25) is 0 Å². The highest BCUT2D eigenvalue weighted by Gasteiger charge is 2.18. The van der Waals surface area contributed by atoms with Gasteiger partial charge in [0.25, 0.3) is 0 Å². The molecule has 0 radical (unpaired) electrons. The van der Waals surface area contributed by atoms with Crippen LogP contribution in [-0.4, -0.2) is 12.3 Å². The van der Waals surface area contributed by atoms with Crippen LogP contribution in [0.15, 0.2) is 23.8 Å². The number of nitrogen functional groups attached to an aromatic ring is 1. The molecule has 0 saturated heterocycles. The lowest BCUT2D eigenvalue weighted by molar-refractivity contribution is -0.113. The maximum Gasteiger partial charge on any atom is 0.157 e. The molecule has 4 heteroatoms. The molecule has 0 saturated carbocycles. The molecule has 0 atom stereocenters. The molecule has 1 heterocycles. The molecule has 0 unspecified atom stereocenters. The number of Topliss-reactive ketones (excluding diaryl/α,β-unsaturated/α-hetero) is 1. The lowest BCUT2D eigenvalue weighted by Gasteiger charge is -2.22. The number of ketones is 1. The SMILES string of the molecule is CC(=O)C1=C(c2ccc(CCl)cc2N)NCCC1. The highest BCUT2D eigenvalue weighted by Crippen LogP contribution is 2.28. The number of hydrogen-bond acceptors (Lipinski definition) is 3. The number of carbonyl (C=O) groups excluding carboxylic acids is 1. The van der Waals surface area contributed by atoms with Gasteiger partial charge in [0, 0.05) is 29.2 Å². The summed E-state index contributed by atoms with van der Waals surface area (Å²) in [5.74, 6) is 0.550. The first-order valence-electron chi connectivity index (χ1n) is 6.06. The molecule has 0 fully saturated rings. The third kappa shape index (κ3) is 2.51. The summed E-state index contributed by atoms with van der Waals surface area (Å²) < 4.78 is 0. The van der Waals surface area contributed by atoms with Crippen LogP contribution in [0.25, 0.3) is 5.70 Å². The van der Waals surface area contributed by atoms with Crippen molar-refractivity contribution >= 4 is 28.8 Å². The van der Waals surface area contributed by atoms with E-state index in [1.54, 1.807) is 6.92 Å². The van der Waals surface area contributed by atoms with E-state index in [0.717, 1.165) is 41.8 Å². The van der Waals surface area contributed by atoms with E-state index in [9.17, 15) is 4.79 Å². The minimum absolute atomic E-state index is 0.109. The summed E-state index contributed by atoms with van der Waals surface area (Å²) in [5, 5.41) is 3.29. The van der Waals surface area contributed by atoms with Gasteiger partial charge in [-0.15, -0.1) is 11.6 Å². The molecule has 2 rings (SSSR count). The van der Waals surface area contributed by atoms with Crippen molar-refractivity contribution in [1.29, 1.82) is 0 Å². The summed E-state index contributed by atoms with van der Waals surface area (Å²) in [4.78, 5) is 11.7. The predicted molar refractivity (Wildman–Crippen MR) is 75.2 cm³/mol. The number of allylic oxidation sites excluding steroid dienone is 1. The molecular formula is C14H17ClN2O. The Morgan fingerprint density at radius 2 is 2.28 bits per heavy atom. The highest BCUT2D eigenvalue weighted by molar-refractivity contribution is 6.17. The molecule has 18 heavy (non-hydrogen) atoms. The van der Waals surface area contributed by atoms with Crippen molar-refractivity contribution in [3.05, 3.63) is 34.9 Å². The van der Waals surface area contributed by atoms with E-state index in [0.29, 0.717) is 11.6 Å². The van der Waals surface area contributed by atoms with Crippen molar-refractivity contribution in [2.75, 3.05) is 12.3 Å². The minimum Gasteiger partial charge on any atom is -0.398 e. The summed E-state index contributed by atoms with van der Waals surface area (Å²) in [6.07, 6.45) is 1.80. The van der Waals surface area contributed by atoms with Gasteiger partial charge in [-0.2, -0.15) is 0 Å². The Balaban J connectivity index is 2.49. The summed E-state index contributed by atoms with van der Waals surface area (Å²) in [6, 6.07) is 5.74. The third-order valence-electron chi connectivity index (χ3n) is 3.17.